The lowest BCUT2D eigenvalue weighted by atomic mass is 9.96. The maximum Gasteiger partial charge on any atom is 0.306 e. The molecule has 2 heteroatoms. The Balaban J connectivity index is 1.71. The Morgan fingerprint density at radius 3 is 2.26 bits per heavy atom. The maximum absolute atomic E-state index is 11.1. The molecule has 1 saturated heterocycles. The largest absolute Gasteiger partial charge is 0.465 e. The van der Waals surface area contributed by atoms with E-state index in [1.54, 1.807) is 0 Å². The van der Waals surface area contributed by atoms with E-state index in [4.69, 9.17) is 4.74 Å². The van der Waals surface area contributed by atoms with Crippen molar-refractivity contribution in [3.05, 3.63) is 71.3 Å². The fourth-order valence-electron chi connectivity index (χ4n) is 2.47. The summed E-state index contributed by atoms with van der Waals surface area (Å²) in [6.45, 7) is 0.525. The first-order valence-corrected chi connectivity index (χ1v) is 6.59. The molecule has 1 atom stereocenters. The molecule has 0 amide bonds. The Morgan fingerprint density at radius 1 is 0.947 bits per heavy atom. The molecular weight excluding hydrogens is 236 g/mol. The normalized spacial score (nSPS) is 18.3. The van der Waals surface area contributed by atoms with Crippen molar-refractivity contribution in [1.82, 2.24) is 0 Å². The van der Waals surface area contributed by atoms with E-state index in [0.29, 0.717) is 13.0 Å². The molecule has 1 aliphatic heterocycles. The van der Waals surface area contributed by atoms with Gasteiger partial charge in [-0.1, -0.05) is 54.6 Å². The summed E-state index contributed by atoms with van der Waals surface area (Å²) in [5.41, 5.74) is 3.80. The van der Waals surface area contributed by atoms with E-state index in [-0.39, 0.29) is 11.9 Å². The van der Waals surface area contributed by atoms with Crippen molar-refractivity contribution in [3.63, 3.8) is 0 Å². The first-order valence-electron chi connectivity index (χ1n) is 6.59. The zero-order valence-corrected chi connectivity index (χ0v) is 10.7. The van der Waals surface area contributed by atoms with Crippen LogP contribution < -0.4 is 0 Å². The van der Waals surface area contributed by atoms with E-state index in [1.807, 2.05) is 6.07 Å². The molecule has 1 unspecified atom stereocenters. The third-order valence-corrected chi connectivity index (χ3v) is 3.56. The zero-order valence-electron chi connectivity index (χ0n) is 10.7. The SMILES string of the molecule is O=C1CC(c2ccc(Cc3ccccc3)cc2)CO1. The summed E-state index contributed by atoms with van der Waals surface area (Å²) < 4.78 is 5.01. The van der Waals surface area contributed by atoms with Crippen LogP contribution in [-0.4, -0.2) is 12.6 Å². The lowest BCUT2D eigenvalue weighted by Crippen LogP contribution is -1.98. The number of carbonyl (C=O) groups excluding carboxylic acids is 1. The van der Waals surface area contributed by atoms with Gasteiger partial charge in [0.2, 0.25) is 0 Å². The van der Waals surface area contributed by atoms with Crippen LogP contribution in [0.4, 0.5) is 0 Å². The molecule has 1 heterocycles. The predicted molar refractivity (Wildman–Crippen MR) is 74.0 cm³/mol. The number of benzene rings is 2. The highest BCUT2D eigenvalue weighted by molar-refractivity contribution is 5.72. The summed E-state index contributed by atoms with van der Waals surface area (Å²) in [6.07, 6.45) is 1.46. The molecule has 0 radical (unpaired) electrons. The van der Waals surface area contributed by atoms with Gasteiger partial charge >= 0.3 is 5.97 Å². The molecule has 1 fully saturated rings. The molecule has 0 N–H and O–H groups in total. The molecule has 1 aliphatic rings. The third-order valence-electron chi connectivity index (χ3n) is 3.56. The molecule has 2 aromatic rings. The van der Waals surface area contributed by atoms with Crippen LogP contribution in [0.15, 0.2) is 54.6 Å². The van der Waals surface area contributed by atoms with E-state index >= 15 is 0 Å². The van der Waals surface area contributed by atoms with Gasteiger partial charge in [-0.2, -0.15) is 0 Å². The lowest BCUT2D eigenvalue weighted by Gasteiger charge is -2.08. The van der Waals surface area contributed by atoms with Crippen LogP contribution in [0.2, 0.25) is 0 Å². The molecule has 0 aliphatic carbocycles. The molecule has 0 aromatic heterocycles. The Labute approximate surface area is 113 Å². The van der Waals surface area contributed by atoms with Gasteiger partial charge in [-0.15, -0.1) is 0 Å². The molecule has 0 saturated carbocycles. The second-order valence-electron chi connectivity index (χ2n) is 4.99. The van der Waals surface area contributed by atoms with Crippen molar-refractivity contribution in [2.45, 2.75) is 18.8 Å². The van der Waals surface area contributed by atoms with Crippen molar-refractivity contribution in [1.29, 1.82) is 0 Å². The van der Waals surface area contributed by atoms with E-state index in [9.17, 15) is 4.79 Å². The first kappa shape index (κ1) is 12.0. The summed E-state index contributed by atoms with van der Waals surface area (Å²) in [6, 6.07) is 18.9. The average molecular weight is 252 g/mol. The summed E-state index contributed by atoms with van der Waals surface area (Å²) in [7, 11) is 0. The standard InChI is InChI=1S/C17H16O2/c18-17-11-16(12-19-17)15-8-6-14(7-9-15)10-13-4-2-1-3-5-13/h1-9,16H,10-12H2. The Bertz CT molecular complexity index is 558. The minimum atomic E-state index is -0.0848. The van der Waals surface area contributed by atoms with Crippen LogP contribution in [-0.2, 0) is 16.0 Å². The second-order valence-corrected chi connectivity index (χ2v) is 4.99. The smallest absolute Gasteiger partial charge is 0.306 e. The van der Waals surface area contributed by atoms with E-state index in [2.05, 4.69) is 48.5 Å². The summed E-state index contributed by atoms with van der Waals surface area (Å²) in [5.74, 6) is 0.150. The molecule has 3 rings (SSSR count). The summed E-state index contributed by atoms with van der Waals surface area (Å²) in [5, 5.41) is 0. The first-order chi connectivity index (χ1) is 9.31. The van der Waals surface area contributed by atoms with Gasteiger partial charge in [0, 0.05) is 5.92 Å². The average Bonchev–Trinajstić information content (AvgIpc) is 2.87. The highest BCUT2D eigenvalue weighted by Gasteiger charge is 2.24. The van der Waals surface area contributed by atoms with Crippen molar-refractivity contribution < 1.29 is 9.53 Å². The summed E-state index contributed by atoms with van der Waals surface area (Å²) in [4.78, 5) is 11.1. The zero-order chi connectivity index (χ0) is 13.1. The van der Waals surface area contributed by atoms with Gasteiger partial charge in [-0.3, -0.25) is 4.79 Å². The third kappa shape index (κ3) is 2.84. The number of rotatable bonds is 3. The van der Waals surface area contributed by atoms with Gasteiger partial charge in [0.05, 0.1) is 13.0 Å². The van der Waals surface area contributed by atoms with E-state index in [1.165, 1.54) is 16.7 Å². The molecule has 2 nitrogen and oxygen atoms in total. The van der Waals surface area contributed by atoms with Gasteiger partial charge in [0.1, 0.15) is 0 Å². The van der Waals surface area contributed by atoms with Crippen LogP contribution >= 0.6 is 0 Å². The van der Waals surface area contributed by atoms with Crippen LogP contribution in [0.3, 0.4) is 0 Å². The van der Waals surface area contributed by atoms with Gasteiger partial charge < -0.3 is 4.74 Å². The van der Waals surface area contributed by atoms with Crippen LogP contribution in [0.1, 0.15) is 29.0 Å². The molecular formula is C17H16O2. The molecule has 0 bridgehead atoms. The monoisotopic (exact) mass is 252 g/mol. The van der Waals surface area contributed by atoms with Crippen molar-refractivity contribution in [2.24, 2.45) is 0 Å². The van der Waals surface area contributed by atoms with Crippen molar-refractivity contribution in [2.75, 3.05) is 6.61 Å². The topological polar surface area (TPSA) is 26.3 Å². The Morgan fingerprint density at radius 2 is 1.63 bits per heavy atom. The second kappa shape index (κ2) is 5.27. The predicted octanol–water partition coefficient (Wildman–Crippen LogP) is 3.31. The van der Waals surface area contributed by atoms with E-state index in [0.717, 1.165) is 6.42 Å². The van der Waals surface area contributed by atoms with Crippen LogP contribution in [0.25, 0.3) is 0 Å². The molecule has 0 spiro atoms. The molecule has 19 heavy (non-hydrogen) atoms. The minimum Gasteiger partial charge on any atom is -0.465 e. The van der Waals surface area contributed by atoms with Gasteiger partial charge in [0.25, 0.3) is 0 Å². The highest BCUT2D eigenvalue weighted by atomic mass is 16.5. The summed E-state index contributed by atoms with van der Waals surface area (Å²) >= 11 is 0. The number of ether oxygens (including phenoxy) is 1. The Hall–Kier alpha value is -2.09. The van der Waals surface area contributed by atoms with Gasteiger partial charge in [-0.05, 0) is 23.1 Å². The molecule has 96 valence electrons. The van der Waals surface area contributed by atoms with Gasteiger partial charge in [0.15, 0.2) is 0 Å². The number of hydrogen-bond donors (Lipinski definition) is 0. The highest BCUT2D eigenvalue weighted by Crippen LogP contribution is 2.26. The fraction of sp³-hybridized carbons (Fsp3) is 0.235. The van der Waals surface area contributed by atoms with Crippen molar-refractivity contribution >= 4 is 5.97 Å². The van der Waals surface area contributed by atoms with Crippen LogP contribution in [0, 0.1) is 0 Å². The van der Waals surface area contributed by atoms with Crippen LogP contribution in [0.5, 0.6) is 0 Å². The van der Waals surface area contributed by atoms with Crippen molar-refractivity contribution in [3.8, 4) is 0 Å². The van der Waals surface area contributed by atoms with Gasteiger partial charge in [-0.25, -0.2) is 0 Å². The Kier molecular flexibility index (Phi) is 3.32. The van der Waals surface area contributed by atoms with E-state index < -0.39 is 0 Å². The number of hydrogen-bond acceptors (Lipinski definition) is 2. The number of esters is 1. The number of cyclic esters (lactones) is 1. The fourth-order valence-corrected chi connectivity index (χ4v) is 2.47. The minimum absolute atomic E-state index is 0.0848. The maximum atomic E-state index is 11.1. The quantitative estimate of drug-likeness (QED) is 0.783. The number of carbonyl (C=O) groups is 1. The molecule has 2 aromatic carbocycles. The lowest BCUT2D eigenvalue weighted by molar-refractivity contribution is -0.137.